The number of carbonyl (C=O) groups excluding carboxylic acids is 1. The molecule has 0 radical (unpaired) electrons. The molecule has 0 saturated carbocycles. The van der Waals surface area contributed by atoms with Gasteiger partial charge in [0.1, 0.15) is 11.6 Å². The number of fused-ring (bicyclic) bond motifs is 1. The summed E-state index contributed by atoms with van der Waals surface area (Å²) in [6, 6.07) is 12.8. The molecule has 1 aromatic heterocycles. The number of carbonyl (C=O) groups is 1. The lowest BCUT2D eigenvalue weighted by Gasteiger charge is -2.10. The van der Waals surface area contributed by atoms with Crippen LogP contribution in [0, 0.1) is 22.9 Å². The minimum Gasteiger partial charge on any atom is -0.476 e. The molecule has 0 aliphatic heterocycles. The number of nitro benzene ring substituents is 1. The second-order valence-corrected chi connectivity index (χ2v) is 8.96. The van der Waals surface area contributed by atoms with Crippen molar-refractivity contribution in [3.63, 3.8) is 0 Å². The molecule has 3 aromatic carbocycles. The number of halogens is 3. The maximum atomic E-state index is 13.3. The molecule has 0 aliphatic carbocycles. The van der Waals surface area contributed by atoms with Crippen LogP contribution in [0.15, 0.2) is 69.0 Å². The molecule has 4 aromatic rings. The monoisotopic (exact) mass is 587 g/mol. The van der Waals surface area contributed by atoms with Crippen molar-refractivity contribution in [1.29, 1.82) is 0 Å². The van der Waals surface area contributed by atoms with Gasteiger partial charge in [-0.25, -0.2) is 9.37 Å². The maximum Gasteiger partial charge on any atom is 0.313 e. The molecule has 0 fully saturated rings. The Balaban J connectivity index is 1.58. The van der Waals surface area contributed by atoms with Gasteiger partial charge in [-0.3, -0.25) is 19.7 Å². The fourth-order valence-electron chi connectivity index (χ4n) is 3.37. The standard InChI is InChI=1S/C24H16BrClFN5O5/c1-13-29-20-6-5-15(25)9-18(20)24(34)31(13)28-11-14-7-19(26)23(21(8-14)32(35)36)37-12-22(33)30-17-4-2-3-16(27)10-17/h2-11H,12H2,1H3,(H,30,33). The average Bonchev–Trinajstić information content (AvgIpc) is 2.83. The Labute approximate surface area is 221 Å². The lowest BCUT2D eigenvalue weighted by atomic mass is 10.2. The molecule has 4 rings (SSSR count). The van der Waals surface area contributed by atoms with Crippen LogP contribution in [-0.2, 0) is 4.79 Å². The van der Waals surface area contributed by atoms with Crippen molar-refractivity contribution < 1.29 is 18.8 Å². The largest absolute Gasteiger partial charge is 0.476 e. The predicted octanol–water partition coefficient (Wildman–Crippen LogP) is 5.07. The van der Waals surface area contributed by atoms with Gasteiger partial charge in [-0.15, -0.1) is 0 Å². The molecule has 0 bridgehead atoms. The van der Waals surface area contributed by atoms with E-state index >= 15 is 0 Å². The van der Waals surface area contributed by atoms with Crippen molar-refractivity contribution in [1.82, 2.24) is 9.66 Å². The van der Waals surface area contributed by atoms with Crippen LogP contribution < -0.4 is 15.6 Å². The first kappa shape index (κ1) is 25.9. The number of rotatable bonds is 7. The van der Waals surface area contributed by atoms with Gasteiger partial charge in [-0.1, -0.05) is 33.6 Å². The van der Waals surface area contributed by atoms with E-state index in [2.05, 4.69) is 31.3 Å². The Morgan fingerprint density at radius 1 is 1.30 bits per heavy atom. The van der Waals surface area contributed by atoms with Crippen molar-refractivity contribution in [3.8, 4) is 5.75 Å². The van der Waals surface area contributed by atoms with E-state index in [9.17, 15) is 24.1 Å². The highest BCUT2D eigenvalue weighted by Gasteiger charge is 2.21. The third kappa shape index (κ3) is 5.98. The highest BCUT2D eigenvalue weighted by atomic mass is 79.9. The van der Waals surface area contributed by atoms with Gasteiger partial charge in [-0.05, 0) is 49.4 Å². The van der Waals surface area contributed by atoms with Crippen LogP contribution >= 0.6 is 27.5 Å². The van der Waals surface area contributed by atoms with Gasteiger partial charge in [0.2, 0.25) is 5.75 Å². The van der Waals surface area contributed by atoms with E-state index < -0.39 is 34.5 Å². The molecule has 0 unspecified atom stereocenters. The lowest BCUT2D eigenvalue weighted by molar-refractivity contribution is -0.385. The van der Waals surface area contributed by atoms with Crippen LogP contribution in [-0.4, -0.2) is 33.3 Å². The quantitative estimate of drug-likeness (QED) is 0.182. The zero-order chi connectivity index (χ0) is 26.7. The van der Waals surface area contributed by atoms with E-state index in [0.29, 0.717) is 21.2 Å². The Bertz CT molecular complexity index is 1640. The summed E-state index contributed by atoms with van der Waals surface area (Å²) in [7, 11) is 0. The molecule has 0 spiro atoms. The Hall–Kier alpha value is -4.16. The Morgan fingerprint density at radius 3 is 2.81 bits per heavy atom. The molecule has 188 valence electrons. The molecule has 37 heavy (non-hydrogen) atoms. The fourth-order valence-corrected chi connectivity index (χ4v) is 4.01. The summed E-state index contributed by atoms with van der Waals surface area (Å²) in [4.78, 5) is 40.4. The summed E-state index contributed by atoms with van der Waals surface area (Å²) in [5.74, 6) is -1.24. The smallest absolute Gasteiger partial charge is 0.313 e. The third-order valence-electron chi connectivity index (χ3n) is 4.99. The van der Waals surface area contributed by atoms with Gasteiger partial charge in [0, 0.05) is 21.8 Å². The molecular formula is C24H16BrClFN5O5. The number of hydrogen-bond acceptors (Lipinski definition) is 7. The van der Waals surface area contributed by atoms with E-state index in [1.54, 1.807) is 25.1 Å². The van der Waals surface area contributed by atoms with E-state index in [-0.39, 0.29) is 22.0 Å². The maximum absolute atomic E-state index is 13.3. The summed E-state index contributed by atoms with van der Waals surface area (Å²) in [5.41, 5.74) is -0.0449. The van der Waals surface area contributed by atoms with Crippen LogP contribution in [0.2, 0.25) is 5.02 Å². The number of aryl methyl sites for hydroxylation is 1. The van der Waals surface area contributed by atoms with Crippen molar-refractivity contribution >= 4 is 61.9 Å². The second kappa shape index (κ2) is 10.8. The van der Waals surface area contributed by atoms with E-state index in [4.69, 9.17) is 16.3 Å². The molecule has 0 atom stereocenters. The highest BCUT2D eigenvalue weighted by Crippen LogP contribution is 2.36. The van der Waals surface area contributed by atoms with Crippen LogP contribution in [0.4, 0.5) is 15.8 Å². The summed E-state index contributed by atoms with van der Waals surface area (Å²) in [6.07, 6.45) is 1.22. The van der Waals surface area contributed by atoms with Crippen molar-refractivity contribution in [2.75, 3.05) is 11.9 Å². The number of aromatic nitrogens is 2. The van der Waals surface area contributed by atoms with Gasteiger partial charge in [0.05, 0.1) is 27.1 Å². The summed E-state index contributed by atoms with van der Waals surface area (Å²) < 4.78 is 20.4. The summed E-state index contributed by atoms with van der Waals surface area (Å²) >= 11 is 9.54. The molecule has 0 saturated heterocycles. The highest BCUT2D eigenvalue weighted by molar-refractivity contribution is 9.10. The van der Waals surface area contributed by atoms with Crippen LogP contribution in [0.1, 0.15) is 11.4 Å². The summed E-state index contributed by atoms with van der Waals surface area (Å²) in [5, 5.41) is 18.4. The van der Waals surface area contributed by atoms with E-state index in [1.807, 2.05) is 0 Å². The number of benzene rings is 3. The Morgan fingerprint density at radius 2 is 2.08 bits per heavy atom. The van der Waals surface area contributed by atoms with E-state index in [0.717, 1.165) is 16.8 Å². The Kier molecular flexibility index (Phi) is 7.60. The van der Waals surface area contributed by atoms with Crippen LogP contribution in [0.5, 0.6) is 5.75 Å². The molecule has 10 nitrogen and oxygen atoms in total. The SMILES string of the molecule is Cc1nc2ccc(Br)cc2c(=O)n1N=Cc1cc(Cl)c(OCC(=O)Nc2cccc(F)c2)c([N+](=O)[O-])c1. The normalized spacial score (nSPS) is 11.1. The first-order valence-corrected chi connectivity index (χ1v) is 11.7. The number of amides is 1. The average molecular weight is 589 g/mol. The lowest BCUT2D eigenvalue weighted by Crippen LogP contribution is -2.21. The van der Waals surface area contributed by atoms with Crippen molar-refractivity contribution in [3.05, 3.63) is 102 Å². The third-order valence-corrected chi connectivity index (χ3v) is 5.77. The van der Waals surface area contributed by atoms with E-state index in [1.165, 1.54) is 30.5 Å². The van der Waals surface area contributed by atoms with Gasteiger partial charge in [-0.2, -0.15) is 9.78 Å². The topological polar surface area (TPSA) is 129 Å². The molecule has 0 aliphatic rings. The van der Waals surface area contributed by atoms with Crippen molar-refractivity contribution in [2.24, 2.45) is 5.10 Å². The first-order chi connectivity index (χ1) is 17.6. The number of nitrogens with one attached hydrogen (secondary N) is 1. The number of anilines is 1. The molecule has 1 N–H and O–H groups in total. The first-order valence-electron chi connectivity index (χ1n) is 10.5. The van der Waals surface area contributed by atoms with Crippen molar-refractivity contribution in [2.45, 2.75) is 6.92 Å². The van der Waals surface area contributed by atoms with Gasteiger partial charge >= 0.3 is 5.69 Å². The number of ether oxygens (including phenoxy) is 1. The van der Waals surface area contributed by atoms with Gasteiger partial charge in [0.15, 0.2) is 6.61 Å². The zero-order valence-corrected chi connectivity index (χ0v) is 21.3. The minimum atomic E-state index is -0.727. The minimum absolute atomic E-state index is 0.154. The predicted molar refractivity (Wildman–Crippen MR) is 140 cm³/mol. The van der Waals surface area contributed by atoms with Gasteiger partial charge < -0.3 is 10.1 Å². The number of nitrogens with zero attached hydrogens (tertiary/aromatic N) is 4. The van der Waals surface area contributed by atoms with Crippen LogP contribution in [0.3, 0.4) is 0 Å². The zero-order valence-electron chi connectivity index (χ0n) is 18.9. The molecule has 1 heterocycles. The molecular weight excluding hydrogens is 573 g/mol. The molecule has 1 amide bonds. The van der Waals surface area contributed by atoms with Crippen LogP contribution in [0.25, 0.3) is 10.9 Å². The fraction of sp³-hybridized carbons (Fsp3) is 0.0833. The summed E-state index contributed by atoms with van der Waals surface area (Å²) in [6.45, 7) is 0.985. The number of hydrogen-bond donors (Lipinski definition) is 1. The second-order valence-electron chi connectivity index (χ2n) is 7.64. The number of nitro groups is 1. The van der Waals surface area contributed by atoms with Gasteiger partial charge in [0.25, 0.3) is 11.5 Å². The molecule has 13 heteroatoms.